The zero-order valence-corrected chi connectivity index (χ0v) is 16.9. The lowest BCUT2D eigenvalue weighted by molar-refractivity contribution is -0.129. The van der Waals surface area contributed by atoms with Crippen LogP contribution in [0.2, 0.25) is 0 Å². The first-order chi connectivity index (χ1) is 13.0. The van der Waals surface area contributed by atoms with Crippen molar-refractivity contribution in [2.45, 2.75) is 45.4 Å². The summed E-state index contributed by atoms with van der Waals surface area (Å²) in [6, 6.07) is 5.64. The Hall–Kier alpha value is -2.71. The summed E-state index contributed by atoms with van der Waals surface area (Å²) in [5, 5.41) is 20.9. The fourth-order valence-electron chi connectivity index (χ4n) is 3.45. The molecule has 1 amide bonds. The van der Waals surface area contributed by atoms with Crippen molar-refractivity contribution in [2.24, 2.45) is 0 Å². The molecule has 1 unspecified atom stereocenters. The Bertz CT molecular complexity index is 1050. The van der Waals surface area contributed by atoms with Crippen LogP contribution < -0.4 is 5.73 Å². The van der Waals surface area contributed by atoms with Gasteiger partial charge in [0.2, 0.25) is 5.91 Å². The monoisotopic (exact) mass is 385 g/mol. The molecule has 0 aliphatic rings. The van der Waals surface area contributed by atoms with Crippen LogP contribution in [0.3, 0.4) is 0 Å². The molecule has 150 valence electrons. The molecule has 2 aromatic heterocycles. The molecule has 1 atom stereocenters. The van der Waals surface area contributed by atoms with Crippen molar-refractivity contribution in [3.8, 4) is 0 Å². The minimum atomic E-state index is -1.01. The molecular weight excluding hydrogens is 358 g/mol. The molecule has 28 heavy (non-hydrogen) atoms. The SMILES string of the molecule is CC(C(=O)N(C)C)c1ccc2c(c1)nc(N)c1nc(CO)n(CC(C)(C)O)c12. The number of amides is 1. The predicted molar refractivity (Wildman–Crippen MR) is 109 cm³/mol. The van der Waals surface area contributed by atoms with Crippen LogP contribution in [0, 0.1) is 0 Å². The predicted octanol–water partition coefficient (Wildman–Crippen LogP) is 1.62. The van der Waals surface area contributed by atoms with Crippen LogP contribution in [0.25, 0.3) is 21.9 Å². The molecule has 4 N–H and O–H groups in total. The van der Waals surface area contributed by atoms with Crippen LogP contribution in [0.1, 0.15) is 38.1 Å². The number of aliphatic hydroxyl groups excluding tert-OH is 1. The smallest absolute Gasteiger partial charge is 0.229 e. The Kier molecular flexibility index (Phi) is 5.03. The van der Waals surface area contributed by atoms with Gasteiger partial charge in [0.15, 0.2) is 5.82 Å². The minimum Gasteiger partial charge on any atom is -0.389 e. The lowest BCUT2D eigenvalue weighted by Crippen LogP contribution is -2.27. The van der Waals surface area contributed by atoms with Crippen molar-refractivity contribution in [1.82, 2.24) is 19.4 Å². The third-order valence-electron chi connectivity index (χ3n) is 4.80. The molecule has 0 saturated heterocycles. The number of hydrogen-bond donors (Lipinski definition) is 3. The molecule has 0 aliphatic carbocycles. The van der Waals surface area contributed by atoms with Crippen LogP contribution in [-0.4, -0.2) is 55.3 Å². The van der Waals surface area contributed by atoms with Gasteiger partial charge in [-0.2, -0.15) is 0 Å². The average Bonchev–Trinajstić information content (AvgIpc) is 2.97. The number of rotatable bonds is 5. The van der Waals surface area contributed by atoms with Crippen LogP contribution in [0.4, 0.5) is 5.82 Å². The van der Waals surface area contributed by atoms with Crippen molar-refractivity contribution >= 4 is 33.7 Å². The van der Waals surface area contributed by atoms with Crippen LogP contribution >= 0.6 is 0 Å². The van der Waals surface area contributed by atoms with Crippen molar-refractivity contribution in [2.75, 3.05) is 19.8 Å². The zero-order valence-electron chi connectivity index (χ0n) is 16.9. The first-order valence-corrected chi connectivity index (χ1v) is 9.16. The van der Waals surface area contributed by atoms with Gasteiger partial charge >= 0.3 is 0 Å². The lowest BCUT2D eigenvalue weighted by Gasteiger charge is -2.20. The molecular formula is C20H27N5O3. The van der Waals surface area contributed by atoms with Crippen LogP contribution in [-0.2, 0) is 17.9 Å². The number of benzene rings is 1. The van der Waals surface area contributed by atoms with Crippen molar-refractivity contribution in [1.29, 1.82) is 0 Å². The van der Waals surface area contributed by atoms with Crippen molar-refractivity contribution in [3.63, 3.8) is 0 Å². The van der Waals surface area contributed by atoms with E-state index in [0.717, 1.165) is 10.9 Å². The van der Waals surface area contributed by atoms with Crippen LogP contribution in [0.15, 0.2) is 18.2 Å². The van der Waals surface area contributed by atoms with E-state index >= 15 is 0 Å². The maximum absolute atomic E-state index is 12.3. The highest BCUT2D eigenvalue weighted by Crippen LogP contribution is 2.32. The molecule has 2 heterocycles. The van der Waals surface area contributed by atoms with E-state index in [1.807, 2.05) is 25.1 Å². The highest BCUT2D eigenvalue weighted by Gasteiger charge is 2.23. The summed E-state index contributed by atoms with van der Waals surface area (Å²) < 4.78 is 1.78. The number of nitrogen functional groups attached to an aromatic ring is 1. The molecule has 3 aromatic rings. The standard InChI is InChI=1S/C20H27N5O3/c1-11(19(27)24(4)5)12-6-7-13-14(8-12)22-18(21)16-17(13)25(10-20(2,3)28)15(9-26)23-16/h6-8,11,26,28H,9-10H2,1-5H3,(H2,21,22). The van der Waals surface area contributed by atoms with Gasteiger partial charge < -0.3 is 25.4 Å². The molecule has 0 radical (unpaired) electrons. The summed E-state index contributed by atoms with van der Waals surface area (Å²) in [6.45, 7) is 5.21. The number of likely N-dealkylation sites (N-methyl/N-ethyl adjacent to an activating group) is 1. The average molecular weight is 385 g/mol. The molecule has 0 spiro atoms. The summed E-state index contributed by atoms with van der Waals surface area (Å²) in [5.74, 6) is 0.351. The number of carbonyl (C=O) groups excluding carboxylic acids is 1. The molecule has 3 rings (SSSR count). The largest absolute Gasteiger partial charge is 0.389 e. The van der Waals surface area contributed by atoms with E-state index < -0.39 is 5.60 Å². The molecule has 1 aromatic carbocycles. The molecule has 0 saturated carbocycles. The third kappa shape index (κ3) is 3.53. The second-order valence-electron chi connectivity index (χ2n) is 8.01. The topological polar surface area (TPSA) is 118 Å². The van der Waals surface area contributed by atoms with Gasteiger partial charge in [-0.15, -0.1) is 0 Å². The second-order valence-corrected chi connectivity index (χ2v) is 8.01. The fourth-order valence-corrected chi connectivity index (χ4v) is 3.45. The highest BCUT2D eigenvalue weighted by molar-refractivity contribution is 6.07. The number of pyridine rings is 1. The van der Waals surface area contributed by atoms with Gasteiger partial charge in [-0.25, -0.2) is 9.97 Å². The number of nitrogens with zero attached hydrogens (tertiary/aromatic N) is 4. The Morgan fingerprint density at radius 1 is 1.32 bits per heavy atom. The number of anilines is 1. The van der Waals surface area contributed by atoms with E-state index in [1.165, 1.54) is 0 Å². The van der Waals surface area contributed by atoms with E-state index in [0.29, 0.717) is 22.4 Å². The van der Waals surface area contributed by atoms with Gasteiger partial charge in [0, 0.05) is 19.5 Å². The Morgan fingerprint density at radius 2 is 2.00 bits per heavy atom. The third-order valence-corrected chi connectivity index (χ3v) is 4.80. The number of fused-ring (bicyclic) bond motifs is 3. The highest BCUT2D eigenvalue weighted by atomic mass is 16.3. The molecule has 0 fully saturated rings. The number of aromatic nitrogens is 3. The Labute approximate surface area is 163 Å². The van der Waals surface area contributed by atoms with E-state index in [1.54, 1.807) is 37.4 Å². The van der Waals surface area contributed by atoms with Crippen LogP contribution in [0.5, 0.6) is 0 Å². The number of nitrogens with two attached hydrogens (primary N) is 1. The van der Waals surface area contributed by atoms with Gasteiger partial charge in [-0.3, -0.25) is 4.79 Å². The van der Waals surface area contributed by atoms with Gasteiger partial charge in [-0.05, 0) is 32.4 Å². The normalized spacial score (nSPS) is 13.2. The minimum absolute atomic E-state index is 0.00281. The molecule has 0 bridgehead atoms. The quantitative estimate of drug-likeness (QED) is 0.614. The van der Waals surface area contributed by atoms with Crippen molar-refractivity contribution < 1.29 is 15.0 Å². The van der Waals surface area contributed by atoms with Gasteiger partial charge in [0.05, 0.1) is 29.1 Å². The van der Waals surface area contributed by atoms with E-state index in [2.05, 4.69) is 9.97 Å². The van der Waals surface area contributed by atoms with E-state index in [9.17, 15) is 15.0 Å². The summed E-state index contributed by atoms with van der Waals surface area (Å²) in [4.78, 5) is 22.8. The maximum atomic E-state index is 12.3. The molecule has 0 aliphatic heterocycles. The second kappa shape index (κ2) is 7.03. The summed E-state index contributed by atoms with van der Waals surface area (Å²) in [6.07, 6.45) is 0. The summed E-state index contributed by atoms with van der Waals surface area (Å²) in [5.41, 5.74) is 7.83. The number of imidazole rings is 1. The molecule has 8 heteroatoms. The summed E-state index contributed by atoms with van der Waals surface area (Å²) >= 11 is 0. The fraction of sp³-hybridized carbons (Fsp3) is 0.450. The first-order valence-electron chi connectivity index (χ1n) is 9.16. The van der Waals surface area contributed by atoms with E-state index in [4.69, 9.17) is 5.73 Å². The van der Waals surface area contributed by atoms with E-state index in [-0.39, 0.29) is 30.8 Å². The summed E-state index contributed by atoms with van der Waals surface area (Å²) in [7, 11) is 3.45. The Morgan fingerprint density at radius 3 is 2.57 bits per heavy atom. The Balaban J connectivity index is 2.26. The van der Waals surface area contributed by atoms with Crippen molar-refractivity contribution in [3.05, 3.63) is 29.6 Å². The molecule has 8 nitrogen and oxygen atoms in total. The number of hydrogen-bond acceptors (Lipinski definition) is 6. The zero-order chi connectivity index (χ0) is 20.8. The van der Waals surface area contributed by atoms with Gasteiger partial charge in [0.25, 0.3) is 0 Å². The number of aliphatic hydroxyl groups is 2. The first kappa shape index (κ1) is 20.0. The lowest BCUT2D eigenvalue weighted by atomic mass is 9.98. The maximum Gasteiger partial charge on any atom is 0.229 e. The van der Waals surface area contributed by atoms with Gasteiger partial charge in [-0.1, -0.05) is 12.1 Å². The van der Waals surface area contributed by atoms with Gasteiger partial charge in [0.1, 0.15) is 17.9 Å². The number of carbonyl (C=O) groups is 1.